The first-order chi connectivity index (χ1) is 15.9. The Morgan fingerprint density at radius 2 is 1.79 bits per heavy atom. The van der Waals surface area contributed by atoms with Gasteiger partial charge in [-0.1, -0.05) is 41.9 Å². The summed E-state index contributed by atoms with van der Waals surface area (Å²) in [4.78, 5) is 32.6. The SMILES string of the molecule is CNCCN1CN(c2ccccc2)C2(CCN(C(=O)[C@H](N)Cc3ccc(Cl)cc3)CC2)C1=O. The number of nitrogens with zero attached hydrogens (tertiary/aromatic N) is 3. The summed E-state index contributed by atoms with van der Waals surface area (Å²) in [5.74, 6) is 0.0858. The molecule has 2 aromatic rings. The molecule has 8 heteroatoms. The van der Waals surface area contributed by atoms with E-state index in [4.69, 9.17) is 17.3 Å². The molecule has 2 fully saturated rings. The molecule has 33 heavy (non-hydrogen) atoms. The number of nitrogens with one attached hydrogen (secondary N) is 1. The van der Waals surface area contributed by atoms with Crippen molar-refractivity contribution in [1.29, 1.82) is 0 Å². The minimum Gasteiger partial charge on any atom is -0.341 e. The summed E-state index contributed by atoms with van der Waals surface area (Å²) in [5, 5.41) is 3.79. The zero-order valence-electron chi connectivity index (χ0n) is 19.0. The van der Waals surface area contributed by atoms with Gasteiger partial charge in [0.1, 0.15) is 5.54 Å². The third kappa shape index (κ3) is 4.86. The fourth-order valence-electron chi connectivity index (χ4n) is 4.91. The third-order valence-corrected chi connectivity index (χ3v) is 7.05. The van der Waals surface area contributed by atoms with E-state index in [2.05, 4.69) is 22.3 Å². The maximum Gasteiger partial charge on any atom is 0.250 e. The zero-order chi connectivity index (χ0) is 23.4. The van der Waals surface area contributed by atoms with Crippen LogP contribution in [-0.2, 0) is 16.0 Å². The van der Waals surface area contributed by atoms with Crippen molar-refractivity contribution in [1.82, 2.24) is 15.1 Å². The van der Waals surface area contributed by atoms with Gasteiger partial charge in [0.05, 0.1) is 12.7 Å². The topological polar surface area (TPSA) is 81.9 Å². The molecule has 1 spiro atoms. The van der Waals surface area contributed by atoms with Crippen molar-refractivity contribution in [3.63, 3.8) is 0 Å². The largest absolute Gasteiger partial charge is 0.341 e. The van der Waals surface area contributed by atoms with Gasteiger partial charge in [-0.25, -0.2) is 0 Å². The first kappa shape index (κ1) is 23.5. The molecule has 3 N–H and O–H groups in total. The Kier molecular flexibility index (Phi) is 7.22. The van der Waals surface area contributed by atoms with Crippen LogP contribution in [0.15, 0.2) is 54.6 Å². The van der Waals surface area contributed by atoms with Gasteiger partial charge < -0.3 is 25.8 Å². The molecule has 2 aromatic carbocycles. The molecule has 2 heterocycles. The number of rotatable bonds is 7. The molecule has 0 aliphatic carbocycles. The Hall–Kier alpha value is -2.61. The molecule has 7 nitrogen and oxygen atoms in total. The van der Waals surface area contributed by atoms with E-state index in [0.717, 1.165) is 17.8 Å². The fourth-order valence-corrected chi connectivity index (χ4v) is 5.04. The summed E-state index contributed by atoms with van der Waals surface area (Å²) in [6.45, 7) is 3.00. The maximum absolute atomic E-state index is 13.6. The molecule has 176 valence electrons. The van der Waals surface area contributed by atoms with Gasteiger partial charge in [0.25, 0.3) is 0 Å². The van der Waals surface area contributed by atoms with Gasteiger partial charge >= 0.3 is 0 Å². The lowest BCUT2D eigenvalue weighted by atomic mass is 9.85. The predicted octanol–water partition coefficient (Wildman–Crippen LogP) is 2.10. The average Bonchev–Trinajstić information content (AvgIpc) is 3.11. The normalized spacial score (nSPS) is 18.8. The molecule has 0 aromatic heterocycles. The highest BCUT2D eigenvalue weighted by Crippen LogP contribution is 2.39. The van der Waals surface area contributed by atoms with Crippen LogP contribution >= 0.6 is 11.6 Å². The number of piperidine rings is 1. The monoisotopic (exact) mass is 469 g/mol. The van der Waals surface area contributed by atoms with Crippen molar-refractivity contribution in [2.24, 2.45) is 5.73 Å². The van der Waals surface area contributed by atoms with E-state index in [1.165, 1.54) is 0 Å². The van der Waals surface area contributed by atoms with Crippen molar-refractivity contribution >= 4 is 29.1 Å². The molecular weight excluding hydrogens is 438 g/mol. The second-order valence-corrected chi connectivity index (χ2v) is 9.31. The van der Waals surface area contributed by atoms with Crippen molar-refractivity contribution < 1.29 is 9.59 Å². The number of carbonyl (C=O) groups excluding carboxylic acids is 2. The molecule has 1 atom stereocenters. The van der Waals surface area contributed by atoms with E-state index in [1.807, 2.05) is 59.3 Å². The standard InChI is InChI=1S/C25H32ClN5O2/c1-28-13-16-30-18-31(21-5-3-2-4-6-21)25(24(30)33)11-14-29(15-12-25)23(32)22(27)17-19-7-9-20(26)10-8-19/h2-10,22,28H,11-18,27H2,1H3/t22-/m1/s1. The Morgan fingerprint density at radius 1 is 1.12 bits per heavy atom. The Morgan fingerprint density at radius 3 is 2.42 bits per heavy atom. The molecule has 0 bridgehead atoms. The summed E-state index contributed by atoms with van der Waals surface area (Å²) in [6, 6.07) is 16.9. The van der Waals surface area contributed by atoms with Crippen LogP contribution in [0.3, 0.4) is 0 Å². The molecule has 2 aliphatic rings. The number of para-hydroxylation sites is 1. The van der Waals surface area contributed by atoms with Crippen molar-refractivity contribution in [3.8, 4) is 0 Å². The zero-order valence-corrected chi connectivity index (χ0v) is 19.8. The van der Waals surface area contributed by atoms with Crippen LogP contribution in [-0.4, -0.2) is 73.1 Å². The minimum absolute atomic E-state index is 0.0662. The molecular formula is C25H32ClN5O2. The van der Waals surface area contributed by atoms with Crippen LogP contribution in [0.1, 0.15) is 18.4 Å². The molecule has 2 saturated heterocycles. The van der Waals surface area contributed by atoms with E-state index >= 15 is 0 Å². The van der Waals surface area contributed by atoms with Crippen LogP contribution in [0.25, 0.3) is 0 Å². The van der Waals surface area contributed by atoms with Gasteiger partial charge in [-0.05, 0) is 56.1 Å². The Balaban J connectivity index is 1.46. The maximum atomic E-state index is 13.6. The minimum atomic E-state index is -0.619. The molecule has 2 amide bonds. The van der Waals surface area contributed by atoms with Crippen molar-refractivity contribution in [2.75, 3.05) is 44.8 Å². The quantitative estimate of drug-likeness (QED) is 0.649. The number of likely N-dealkylation sites (tertiary alicyclic amines) is 1. The number of benzene rings is 2. The molecule has 0 radical (unpaired) electrons. The van der Waals surface area contributed by atoms with E-state index in [0.29, 0.717) is 50.6 Å². The van der Waals surface area contributed by atoms with Crippen LogP contribution in [0.4, 0.5) is 5.69 Å². The lowest BCUT2D eigenvalue weighted by Crippen LogP contribution is -2.59. The van der Waals surface area contributed by atoms with Crippen LogP contribution < -0.4 is 16.0 Å². The smallest absolute Gasteiger partial charge is 0.250 e. The summed E-state index contributed by atoms with van der Waals surface area (Å²) in [5.41, 5.74) is 7.67. The van der Waals surface area contributed by atoms with Gasteiger partial charge in [0.15, 0.2) is 0 Å². The van der Waals surface area contributed by atoms with Gasteiger partial charge in [-0.2, -0.15) is 0 Å². The number of nitrogens with two attached hydrogens (primary N) is 1. The van der Waals surface area contributed by atoms with Gasteiger partial charge in [0.2, 0.25) is 11.8 Å². The summed E-state index contributed by atoms with van der Waals surface area (Å²) < 4.78 is 0. The van der Waals surface area contributed by atoms with Crippen LogP contribution in [0, 0.1) is 0 Å². The van der Waals surface area contributed by atoms with E-state index in [9.17, 15) is 9.59 Å². The Bertz CT molecular complexity index is 961. The fraction of sp³-hybridized carbons (Fsp3) is 0.440. The first-order valence-corrected chi connectivity index (χ1v) is 11.9. The van der Waals surface area contributed by atoms with Gasteiger partial charge in [-0.15, -0.1) is 0 Å². The number of amides is 2. The number of anilines is 1. The third-order valence-electron chi connectivity index (χ3n) is 6.80. The van der Waals surface area contributed by atoms with E-state index < -0.39 is 11.6 Å². The summed E-state index contributed by atoms with van der Waals surface area (Å²) >= 11 is 5.95. The Labute approximate surface area is 200 Å². The predicted molar refractivity (Wildman–Crippen MR) is 131 cm³/mol. The summed E-state index contributed by atoms with van der Waals surface area (Å²) in [7, 11) is 1.89. The van der Waals surface area contributed by atoms with Gasteiger partial charge in [-0.3, -0.25) is 9.59 Å². The highest BCUT2D eigenvalue weighted by atomic mass is 35.5. The van der Waals surface area contributed by atoms with E-state index in [-0.39, 0.29) is 11.8 Å². The number of likely N-dealkylation sites (N-methyl/N-ethyl adjacent to an activating group) is 1. The molecule has 4 rings (SSSR count). The highest BCUT2D eigenvalue weighted by Gasteiger charge is 2.54. The van der Waals surface area contributed by atoms with E-state index in [1.54, 1.807) is 0 Å². The average molecular weight is 470 g/mol. The number of hydrogen-bond acceptors (Lipinski definition) is 5. The molecule has 2 aliphatic heterocycles. The highest BCUT2D eigenvalue weighted by molar-refractivity contribution is 6.30. The number of hydrogen-bond donors (Lipinski definition) is 2. The number of carbonyl (C=O) groups is 2. The van der Waals surface area contributed by atoms with Crippen LogP contribution in [0.5, 0.6) is 0 Å². The number of halogens is 1. The summed E-state index contributed by atoms with van der Waals surface area (Å²) in [6.07, 6.45) is 1.65. The second-order valence-electron chi connectivity index (χ2n) is 8.87. The van der Waals surface area contributed by atoms with Crippen LogP contribution in [0.2, 0.25) is 5.02 Å². The van der Waals surface area contributed by atoms with Crippen molar-refractivity contribution in [3.05, 3.63) is 65.2 Å². The van der Waals surface area contributed by atoms with Gasteiger partial charge in [0, 0.05) is 36.9 Å². The first-order valence-electron chi connectivity index (χ1n) is 11.5. The second kappa shape index (κ2) is 10.1. The molecule has 0 unspecified atom stereocenters. The lowest BCUT2D eigenvalue weighted by Gasteiger charge is -2.43. The molecule has 0 saturated carbocycles. The van der Waals surface area contributed by atoms with Crippen molar-refractivity contribution in [2.45, 2.75) is 30.8 Å². The lowest BCUT2D eigenvalue weighted by molar-refractivity contribution is -0.139.